The van der Waals surface area contributed by atoms with Crippen LogP contribution in [-0.4, -0.2) is 17.6 Å². The summed E-state index contributed by atoms with van der Waals surface area (Å²) in [5.74, 6) is -3.52. The number of rotatable bonds is 7. The highest BCUT2D eigenvalue weighted by molar-refractivity contribution is 5.38. The smallest absolute Gasteiger partial charge is 0.307 e. The van der Waals surface area contributed by atoms with Gasteiger partial charge in [-0.15, -0.1) is 0 Å². The minimum absolute atomic E-state index is 0.0517. The number of ether oxygens (including phenoxy) is 1. The Labute approximate surface area is 151 Å². The summed E-state index contributed by atoms with van der Waals surface area (Å²) < 4.78 is 35.6. The summed E-state index contributed by atoms with van der Waals surface area (Å²) in [7, 11) is 0. The van der Waals surface area contributed by atoms with Crippen LogP contribution in [-0.2, 0) is 16.9 Å². The van der Waals surface area contributed by atoms with Crippen molar-refractivity contribution in [2.24, 2.45) is 0 Å². The number of benzene rings is 3. The van der Waals surface area contributed by atoms with E-state index in [1.807, 2.05) is 18.2 Å². The van der Waals surface area contributed by atoms with Gasteiger partial charge in [0.2, 0.25) is 0 Å². The van der Waals surface area contributed by atoms with E-state index in [1.165, 1.54) is 24.3 Å². The first-order valence-corrected chi connectivity index (χ1v) is 8.37. The number of halogens is 2. The second kappa shape index (κ2) is 7.77. The van der Waals surface area contributed by atoms with Crippen LogP contribution in [0, 0.1) is 0 Å². The molecular weight excluding hydrogens is 334 g/mol. The van der Waals surface area contributed by atoms with Crippen LogP contribution in [0.3, 0.4) is 0 Å². The molecule has 0 aliphatic heterocycles. The molecule has 0 aliphatic carbocycles. The zero-order chi connectivity index (χ0) is 18.5. The fourth-order valence-electron chi connectivity index (χ4n) is 2.92. The van der Waals surface area contributed by atoms with Gasteiger partial charge < -0.3 is 9.84 Å². The van der Waals surface area contributed by atoms with Crippen LogP contribution in [0.2, 0.25) is 0 Å². The van der Waals surface area contributed by atoms with Gasteiger partial charge in [0, 0.05) is 0 Å². The predicted molar refractivity (Wildman–Crippen MR) is 96.9 cm³/mol. The summed E-state index contributed by atoms with van der Waals surface area (Å²) in [6.07, 6.45) is 0. The van der Waals surface area contributed by atoms with Gasteiger partial charge in [0.05, 0.1) is 6.61 Å². The lowest BCUT2D eigenvalue weighted by molar-refractivity contribution is -0.197. The van der Waals surface area contributed by atoms with Crippen LogP contribution in [0.1, 0.15) is 16.7 Å². The monoisotopic (exact) mass is 354 g/mol. The van der Waals surface area contributed by atoms with E-state index in [9.17, 15) is 5.11 Å². The SMILES string of the molecule is OC(c1ccccc1)(c1ccccc1)C(F)(F)COCc1ccccc1. The Kier molecular flexibility index (Phi) is 5.45. The van der Waals surface area contributed by atoms with E-state index in [2.05, 4.69) is 0 Å². The second-order valence-corrected chi connectivity index (χ2v) is 6.13. The summed E-state index contributed by atoms with van der Waals surface area (Å²) in [5.41, 5.74) is -1.43. The Morgan fingerprint density at radius 1 is 0.692 bits per heavy atom. The molecule has 0 amide bonds. The minimum atomic E-state index is -3.52. The second-order valence-electron chi connectivity index (χ2n) is 6.13. The molecule has 1 N–H and O–H groups in total. The van der Waals surface area contributed by atoms with E-state index in [4.69, 9.17) is 4.74 Å². The standard InChI is InChI=1S/C22H20F2O2/c23-21(24,17-26-16-18-10-4-1-5-11-18)22(25,19-12-6-2-7-13-19)20-14-8-3-9-15-20/h1-15,25H,16-17H2. The molecule has 134 valence electrons. The zero-order valence-corrected chi connectivity index (χ0v) is 14.2. The van der Waals surface area contributed by atoms with Crippen LogP contribution in [0.5, 0.6) is 0 Å². The summed E-state index contributed by atoms with van der Waals surface area (Å²) in [5, 5.41) is 11.1. The fourth-order valence-corrected chi connectivity index (χ4v) is 2.92. The molecule has 3 aromatic carbocycles. The van der Waals surface area contributed by atoms with Gasteiger partial charge in [-0.1, -0.05) is 91.0 Å². The number of hydrogen-bond acceptors (Lipinski definition) is 2. The van der Waals surface area contributed by atoms with E-state index < -0.39 is 18.1 Å². The van der Waals surface area contributed by atoms with E-state index in [0.29, 0.717) is 0 Å². The van der Waals surface area contributed by atoms with Gasteiger partial charge in [-0.25, -0.2) is 8.78 Å². The Hall–Kier alpha value is -2.56. The average molecular weight is 354 g/mol. The summed E-state index contributed by atoms with van der Waals surface area (Å²) in [6, 6.07) is 25.0. The van der Waals surface area contributed by atoms with E-state index in [0.717, 1.165) is 5.56 Å². The maximum absolute atomic E-state index is 15.2. The highest BCUT2D eigenvalue weighted by Gasteiger charge is 2.55. The molecule has 0 spiro atoms. The van der Waals surface area contributed by atoms with Crippen LogP contribution in [0.15, 0.2) is 91.0 Å². The third kappa shape index (κ3) is 3.66. The van der Waals surface area contributed by atoms with E-state index in [1.54, 1.807) is 48.5 Å². The molecule has 0 atom stereocenters. The first-order valence-electron chi connectivity index (χ1n) is 8.37. The lowest BCUT2D eigenvalue weighted by Crippen LogP contribution is -2.49. The molecule has 0 heterocycles. The molecule has 3 aromatic rings. The molecule has 3 rings (SSSR count). The molecule has 0 bridgehead atoms. The molecule has 0 saturated carbocycles. The van der Waals surface area contributed by atoms with Crippen molar-refractivity contribution in [3.63, 3.8) is 0 Å². The van der Waals surface area contributed by atoms with Crippen molar-refractivity contribution >= 4 is 0 Å². The van der Waals surface area contributed by atoms with Crippen molar-refractivity contribution in [3.05, 3.63) is 108 Å². The lowest BCUT2D eigenvalue weighted by Gasteiger charge is -2.36. The molecule has 0 aromatic heterocycles. The molecule has 0 unspecified atom stereocenters. The van der Waals surface area contributed by atoms with Crippen LogP contribution in [0.4, 0.5) is 8.78 Å². The molecule has 4 heteroatoms. The van der Waals surface area contributed by atoms with Gasteiger partial charge in [-0.3, -0.25) is 0 Å². The third-order valence-electron chi connectivity index (χ3n) is 4.31. The van der Waals surface area contributed by atoms with Crippen LogP contribution in [0.25, 0.3) is 0 Å². The van der Waals surface area contributed by atoms with Gasteiger partial charge in [0.15, 0.2) is 5.60 Å². The van der Waals surface area contributed by atoms with Crippen molar-refractivity contribution in [1.29, 1.82) is 0 Å². The quantitative estimate of drug-likeness (QED) is 0.662. The predicted octanol–water partition coefficient (Wildman–Crippen LogP) is 4.77. The average Bonchev–Trinajstić information content (AvgIpc) is 2.69. The van der Waals surface area contributed by atoms with Crippen molar-refractivity contribution in [1.82, 2.24) is 0 Å². The number of aliphatic hydroxyl groups is 1. The van der Waals surface area contributed by atoms with Gasteiger partial charge in [0.25, 0.3) is 0 Å². The Balaban J connectivity index is 1.88. The molecule has 0 aliphatic rings. The summed E-state index contributed by atoms with van der Waals surface area (Å²) >= 11 is 0. The molecule has 2 nitrogen and oxygen atoms in total. The maximum atomic E-state index is 15.2. The first kappa shape index (κ1) is 18.2. The van der Waals surface area contributed by atoms with E-state index >= 15 is 8.78 Å². The van der Waals surface area contributed by atoms with Gasteiger partial charge >= 0.3 is 5.92 Å². The topological polar surface area (TPSA) is 29.5 Å². The van der Waals surface area contributed by atoms with Crippen LogP contribution < -0.4 is 0 Å². The van der Waals surface area contributed by atoms with Gasteiger partial charge in [-0.2, -0.15) is 0 Å². The molecule has 26 heavy (non-hydrogen) atoms. The Morgan fingerprint density at radius 3 is 1.58 bits per heavy atom. The molecular formula is C22H20F2O2. The number of hydrogen-bond donors (Lipinski definition) is 1. The van der Waals surface area contributed by atoms with E-state index in [-0.39, 0.29) is 17.7 Å². The fraction of sp³-hybridized carbons (Fsp3) is 0.182. The Morgan fingerprint density at radius 2 is 1.12 bits per heavy atom. The largest absolute Gasteiger partial charge is 0.374 e. The molecule has 0 radical (unpaired) electrons. The lowest BCUT2D eigenvalue weighted by atomic mass is 9.81. The summed E-state index contributed by atoms with van der Waals surface area (Å²) in [4.78, 5) is 0. The van der Waals surface area contributed by atoms with Gasteiger partial charge in [-0.05, 0) is 16.7 Å². The minimum Gasteiger partial charge on any atom is -0.374 e. The summed E-state index contributed by atoms with van der Waals surface area (Å²) in [6.45, 7) is -0.849. The normalized spacial score (nSPS) is 12.1. The number of alkyl halides is 2. The highest BCUT2D eigenvalue weighted by atomic mass is 19.3. The molecule has 0 fully saturated rings. The van der Waals surface area contributed by atoms with Crippen LogP contribution >= 0.6 is 0 Å². The third-order valence-corrected chi connectivity index (χ3v) is 4.31. The zero-order valence-electron chi connectivity index (χ0n) is 14.2. The van der Waals surface area contributed by atoms with Crippen molar-refractivity contribution in [3.8, 4) is 0 Å². The van der Waals surface area contributed by atoms with Crippen molar-refractivity contribution in [2.45, 2.75) is 18.1 Å². The first-order chi connectivity index (χ1) is 12.5. The van der Waals surface area contributed by atoms with Gasteiger partial charge in [0.1, 0.15) is 6.61 Å². The molecule has 0 saturated heterocycles. The highest BCUT2D eigenvalue weighted by Crippen LogP contribution is 2.43. The van der Waals surface area contributed by atoms with Crippen molar-refractivity contribution < 1.29 is 18.6 Å². The maximum Gasteiger partial charge on any atom is 0.307 e. The van der Waals surface area contributed by atoms with Crippen molar-refractivity contribution in [2.75, 3.05) is 6.61 Å². The Bertz CT molecular complexity index is 766.